The van der Waals surface area contributed by atoms with Gasteiger partial charge in [-0.1, -0.05) is 37.6 Å². The maximum atomic E-state index is 12.6. The molecule has 118 valence electrons. The van der Waals surface area contributed by atoms with Crippen molar-refractivity contribution >= 4 is 21.6 Å². The zero-order valence-electron chi connectivity index (χ0n) is 12.6. The van der Waals surface area contributed by atoms with Crippen LogP contribution in [0.5, 0.6) is 0 Å². The van der Waals surface area contributed by atoms with Crippen molar-refractivity contribution in [2.75, 3.05) is 19.6 Å². The maximum Gasteiger partial charge on any atom is 0.244 e. The minimum atomic E-state index is -3.59. The van der Waals surface area contributed by atoms with Crippen LogP contribution in [0.25, 0.3) is 0 Å². The Bertz CT molecular complexity index is 573. The summed E-state index contributed by atoms with van der Waals surface area (Å²) >= 11 is 6.09. The summed E-state index contributed by atoms with van der Waals surface area (Å²) in [6.45, 7) is 9.64. The van der Waals surface area contributed by atoms with Gasteiger partial charge in [-0.05, 0) is 30.7 Å². The minimum absolute atomic E-state index is 0.156. The summed E-state index contributed by atoms with van der Waals surface area (Å²) in [5.74, 6) is 0. The Morgan fingerprint density at radius 3 is 2.67 bits per heavy atom. The van der Waals surface area contributed by atoms with Gasteiger partial charge in [-0.25, -0.2) is 8.42 Å². The van der Waals surface area contributed by atoms with Crippen molar-refractivity contribution in [3.63, 3.8) is 0 Å². The van der Waals surface area contributed by atoms with Gasteiger partial charge < -0.3 is 5.32 Å². The van der Waals surface area contributed by atoms with Crippen molar-refractivity contribution in [2.45, 2.75) is 31.7 Å². The third-order valence-corrected chi connectivity index (χ3v) is 5.48. The number of halogens is 1. The van der Waals surface area contributed by atoms with E-state index in [1.54, 1.807) is 25.1 Å². The molecule has 0 saturated heterocycles. The molecule has 4 nitrogen and oxygen atoms in total. The summed E-state index contributed by atoms with van der Waals surface area (Å²) in [6.07, 6.45) is 2.60. The third kappa shape index (κ3) is 4.81. The van der Waals surface area contributed by atoms with Gasteiger partial charge in [0.2, 0.25) is 10.0 Å². The second-order valence-corrected chi connectivity index (χ2v) is 7.00. The molecule has 0 heterocycles. The van der Waals surface area contributed by atoms with E-state index in [4.69, 9.17) is 11.6 Å². The summed E-state index contributed by atoms with van der Waals surface area (Å²) in [5, 5.41) is 3.50. The molecule has 0 atom stereocenters. The number of hydrogen-bond donors (Lipinski definition) is 1. The number of likely N-dealkylation sites (N-methyl/N-ethyl adjacent to an activating group) is 1. The Kier molecular flexibility index (Phi) is 7.39. The van der Waals surface area contributed by atoms with Crippen LogP contribution in [0.15, 0.2) is 35.7 Å². The number of rotatable bonds is 9. The molecule has 0 aliphatic heterocycles. The molecule has 0 amide bonds. The smallest absolute Gasteiger partial charge is 0.244 e. The lowest BCUT2D eigenvalue weighted by atomic mass is 10.2. The Labute approximate surface area is 132 Å². The van der Waals surface area contributed by atoms with Crippen molar-refractivity contribution in [3.8, 4) is 0 Å². The third-order valence-electron chi connectivity index (χ3n) is 3.05. The summed E-state index contributed by atoms with van der Waals surface area (Å²) in [6, 6.07) is 5.12. The maximum absolute atomic E-state index is 12.6. The highest BCUT2D eigenvalue weighted by Gasteiger charge is 2.24. The summed E-state index contributed by atoms with van der Waals surface area (Å²) in [5.41, 5.74) is 0.904. The Hall–Kier alpha value is -0.880. The first-order chi connectivity index (χ1) is 9.97. The fourth-order valence-corrected chi connectivity index (χ4v) is 3.89. The zero-order valence-corrected chi connectivity index (χ0v) is 14.2. The van der Waals surface area contributed by atoms with E-state index in [1.165, 1.54) is 4.31 Å². The van der Waals surface area contributed by atoms with E-state index in [-0.39, 0.29) is 16.5 Å². The molecule has 0 spiro atoms. The van der Waals surface area contributed by atoms with Crippen LogP contribution in [0.2, 0.25) is 5.02 Å². The van der Waals surface area contributed by atoms with E-state index in [2.05, 4.69) is 18.8 Å². The zero-order chi connectivity index (χ0) is 15.9. The lowest BCUT2D eigenvalue weighted by Gasteiger charge is -2.20. The van der Waals surface area contributed by atoms with Crippen molar-refractivity contribution in [3.05, 3.63) is 41.4 Å². The molecule has 21 heavy (non-hydrogen) atoms. The minimum Gasteiger partial charge on any atom is -0.313 e. The van der Waals surface area contributed by atoms with Gasteiger partial charge in [-0.15, -0.1) is 6.58 Å². The molecule has 0 bridgehead atoms. The molecule has 0 aromatic heterocycles. The summed E-state index contributed by atoms with van der Waals surface area (Å²) in [7, 11) is -3.59. The molecule has 6 heteroatoms. The van der Waals surface area contributed by atoms with Crippen LogP contribution in [0, 0.1) is 0 Å². The normalized spacial score (nSPS) is 11.8. The van der Waals surface area contributed by atoms with E-state index in [0.717, 1.165) is 18.5 Å². The molecule has 0 fully saturated rings. The number of hydrogen-bond acceptors (Lipinski definition) is 3. The van der Waals surface area contributed by atoms with E-state index < -0.39 is 10.0 Å². The molecule has 0 aliphatic carbocycles. The van der Waals surface area contributed by atoms with Gasteiger partial charge in [0.05, 0.1) is 5.02 Å². The first kappa shape index (κ1) is 18.2. The monoisotopic (exact) mass is 330 g/mol. The molecular formula is C15H23ClN2O2S. The topological polar surface area (TPSA) is 49.4 Å². The molecule has 0 saturated carbocycles. The van der Waals surface area contributed by atoms with Gasteiger partial charge in [-0.3, -0.25) is 0 Å². The van der Waals surface area contributed by atoms with Crippen molar-refractivity contribution < 1.29 is 8.42 Å². The predicted molar refractivity (Wildman–Crippen MR) is 88.1 cm³/mol. The Morgan fingerprint density at radius 1 is 1.38 bits per heavy atom. The van der Waals surface area contributed by atoms with Gasteiger partial charge in [0, 0.05) is 19.6 Å². The predicted octanol–water partition coefficient (Wildman–Crippen LogP) is 3.04. The van der Waals surface area contributed by atoms with Crippen LogP contribution in [-0.4, -0.2) is 32.4 Å². The van der Waals surface area contributed by atoms with Crippen LogP contribution >= 0.6 is 11.6 Å². The highest BCUT2D eigenvalue weighted by atomic mass is 35.5. The molecule has 0 aliphatic rings. The fourth-order valence-electron chi connectivity index (χ4n) is 1.95. The quantitative estimate of drug-likeness (QED) is 0.559. The molecular weight excluding hydrogens is 308 g/mol. The average molecular weight is 331 g/mol. The van der Waals surface area contributed by atoms with Gasteiger partial charge in [0.15, 0.2) is 0 Å². The molecule has 0 unspecified atom stereocenters. The van der Waals surface area contributed by atoms with Crippen LogP contribution in [0.1, 0.15) is 25.8 Å². The van der Waals surface area contributed by atoms with Gasteiger partial charge >= 0.3 is 0 Å². The number of nitrogens with zero attached hydrogens (tertiary/aromatic N) is 1. The first-order valence-corrected chi connectivity index (χ1v) is 8.89. The van der Waals surface area contributed by atoms with Crippen molar-refractivity contribution in [2.24, 2.45) is 0 Å². The van der Waals surface area contributed by atoms with Gasteiger partial charge in [0.25, 0.3) is 0 Å². The van der Waals surface area contributed by atoms with Gasteiger partial charge in [-0.2, -0.15) is 4.31 Å². The lowest BCUT2D eigenvalue weighted by molar-refractivity contribution is 0.460. The molecule has 1 N–H and O–H groups in total. The molecule has 1 aromatic rings. The number of benzene rings is 1. The average Bonchev–Trinajstić information content (AvgIpc) is 2.46. The fraction of sp³-hybridized carbons (Fsp3) is 0.467. The number of nitrogens with one attached hydrogen (secondary N) is 1. The van der Waals surface area contributed by atoms with Gasteiger partial charge in [0.1, 0.15) is 4.90 Å². The Morgan fingerprint density at radius 2 is 2.10 bits per heavy atom. The summed E-state index contributed by atoms with van der Waals surface area (Å²) < 4.78 is 26.6. The van der Waals surface area contributed by atoms with Crippen LogP contribution in [-0.2, 0) is 16.6 Å². The standard InChI is InChI=1S/C15H23ClN2O2S/c1-4-9-17-12-13-7-8-14(16)15(11-13)21(19,20)18(6-3)10-5-2/h5,7-8,11,17H,2,4,6,9-10,12H2,1,3H3. The first-order valence-electron chi connectivity index (χ1n) is 7.07. The second kappa shape index (κ2) is 8.54. The lowest BCUT2D eigenvalue weighted by Crippen LogP contribution is -2.31. The number of sulfonamides is 1. The molecule has 1 rings (SSSR count). The van der Waals surface area contributed by atoms with E-state index in [0.29, 0.717) is 13.1 Å². The molecule has 1 aromatic carbocycles. The van der Waals surface area contributed by atoms with E-state index in [9.17, 15) is 8.42 Å². The van der Waals surface area contributed by atoms with Crippen molar-refractivity contribution in [1.29, 1.82) is 0 Å². The largest absolute Gasteiger partial charge is 0.313 e. The van der Waals surface area contributed by atoms with E-state index in [1.807, 2.05) is 6.07 Å². The summed E-state index contributed by atoms with van der Waals surface area (Å²) in [4.78, 5) is 0.156. The second-order valence-electron chi connectivity index (χ2n) is 4.69. The Balaban J connectivity index is 3.09. The SMILES string of the molecule is C=CCN(CC)S(=O)(=O)c1cc(CNCCC)ccc1Cl. The molecule has 0 radical (unpaired) electrons. The van der Waals surface area contributed by atoms with Crippen LogP contribution < -0.4 is 5.32 Å². The van der Waals surface area contributed by atoms with Crippen molar-refractivity contribution in [1.82, 2.24) is 9.62 Å². The van der Waals surface area contributed by atoms with Crippen LogP contribution in [0.3, 0.4) is 0 Å². The highest BCUT2D eigenvalue weighted by Crippen LogP contribution is 2.25. The van der Waals surface area contributed by atoms with E-state index >= 15 is 0 Å². The van der Waals surface area contributed by atoms with Crippen LogP contribution in [0.4, 0.5) is 0 Å². The highest BCUT2D eigenvalue weighted by molar-refractivity contribution is 7.89.